The summed E-state index contributed by atoms with van der Waals surface area (Å²) in [6, 6.07) is 21.7. The Morgan fingerprint density at radius 3 is 2.33 bits per heavy atom. The van der Waals surface area contributed by atoms with Gasteiger partial charge in [0.2, 0.25) is 0 Å². The molecule has 1 aliphatic heterocycles. The minimum absolute atomic E-state index is 0.112. The first kappa shape index (κ1) is 21.9. The number of nitrogens with one attached hydrogen (secondary N) is 2. The maximum atomic E-state index is 13.6. The third kappa shape index (κ3) is 4.09. The van der Waals surface area contributed by atoms with Gasteiger partial charge in [0.1, 0.15) is 0 Å². The molecule has 0 amide bonds. The van der Waals surface area contributed by atoms with Crippen molar-refractivity contribution < 1.29 is 4.79 Å². The number of rotatable bonds is 3. The number of nitrogens with zero attached hydrogens (tertiary/aromatic N) is 1. The van der Waals surface area contributed by atoms with Gasteiger partial charge in [0.25, 0.3) is 0 Å². The molecule has 0 fully saturated rings. The van der Waals surface area contributed by atoms with Gasteiger partial charge in [0.15, 0.2) is 5.78 Å². The maximum Gasteiger partial charge on any atom is 0.163 e. The summed E-state index contributed by atoms with van der Waals surface area (Å²) in [5.41, 5.74) is 6.65. The summed E-state index contributed by atoms with van der Waals surface area (Å²) in [6.45, 7) is 0. The molecule has 3 aromatic carbocycles. The highest BCUT2D eigenvalue weighted by atomic mass is 35.5. The third-order valence-corrected chi connectivity index (χ3v) is 7.32. The van der Waals surface area contributed by atoms with Crippen LogP contribution in [0.15, 0.2) is 78.0 Å². The minimum atomic E-state index is -0.382. The summed E-state index contributed by atoms with van der Waals surface area (Å²) < 4.78 is 0. The molecule has 0 saturated carbocycles. The number of anilines is 3. The number of allylic oxidation sites excluding steroid dienone is 1. The highest BCUT2D eigenvalue weighted by molar-refractivity contribution is 6.42. The smallest absolute Gasteiger partial charge is 0.163 e. The van der Waals surface area contributed by atoms with Crippen molar-refractivity contribution in [1.82, 2.24) is 0 Å². The van der Waals surface area contributed by atoms with Crippen molar-refractivity contribution in [3.8, 4) is 0 Å². The molecule has 0 bridgehead atoms. The molecule has 0 aromatic heterocycles. The van der Waals surface area contributed by atoms with E-state index < -0.39 is 0 Å². The second kappa shape index (κ2) is 8.77. The normalized spacial score (nSPS) is 19.7. The van der Waals surface area contributed by atoms with Gasteiger partial charge >= 0.3 is 0 Å². The van der Waals surface area contributed by atoms with Crippen molar-refractivity contribution in [2.45, 2.75) is 24.8 Å². The Hall–Kier alpha value is -2.95. The summed E-state index contributed by atoms with van der Waals surface area (Å²) in [5.74, 6) is 0.229. The largest absolute Gasteiger partial charge is 0.378 e. The molecule has 1 aliphatic carbocycles. The molecule has 5 rings (SSSR count). The fraction of sp³-hybridized carbons (Fsp3) is 0.222. The zero-order valence-electron chi connectivity index (χ0n) is 18.5. The molecule has 168 valence electrons. The van der Waals surface area contributed by atoms with Crippen LogP contribution >= 0.6 is 23.2 Å². The van der Waals surface area contributed by atoms with E-state index in [0.29, 0.717) is 16.5 Å². The summed E-state index contributed by atoms with van der Waals surface area (Å²) in [7, 11) is 4.05. The zero-order chi connectivity index (χ0) is 23.1. The first-order valence-corrected chi connectivity index (χ1v) is 11.8. The fourth-order valence-electron chi connectivity index (χ4n) is 4.75. The van der Waals surface area contributed by atoms with Crippen molar-refractivity contribution in [1.29, 1.82) is 0 Å². The monoisotopic (exact) mass is 477 g/mol. The lowest BCUT2D eigenvalue weighted by molar-refractivity contribution is -0.116. The lowest BCUT2D eigenvalue weighted by Gasteiger charge is -2.30. The summed E-state index contributed by atoms with van der Waals surface area (Å²) in [6.07, 6.45) is 1.20. The van der Waals surface area contributed by atoms with Gasteiger partial charge in [-0.2, -0.15) is 0 Å². The Kier molecular flexibility index (Phi) is 5.81. The molecular formula is C27H25Cl2N3O. The molecule has 2 unspecified atom stereocenters. The molecule has 2 atom stereocenters. The Bertz CT molecular complexity index is 1250. The minimum Gasteiger partial charge on any atom is -0.378 e. The van der Waals surface area contributed by atoms with E-state index in [1.54, 1.807) is 6.07 Å². The van der Waals surface area contributed by atoms with Gasteiger partial charge in [-0.05, 0) is 53.8 Å². The molecular weight excluding hydrogens is 453 g/mol. The molecule has 0 saturated heterocycles. The molecule has 2 aliphatic rings. The van der Waals surface area contributed by atoms with Gasteiger partial charge in [0.05, 0.1) is 27.5 Å². The van der Waals surface area contributed by atoms with Crippen LogP contribution in [-0.2, 0) is 4.79 Å². The van der Waals surface area contributed by atoms with Gasteiger partial charge in [0, 0.05) is 37.5 Å². The third-order valence-electron chi connectivity index (χ3n) is 6.48. The van der Waals surface area contributed by atoms with Crippen LogP contribution in [0, 0.1) is 0 Å². The first-order chi connectivity index (χ1) is 15.9. The summed E-state index contributed by atoms with van der Waals surface area (Å²) in [4.78, 5) is 15.7. The van der Waals surface area contributed by atoms with E-state index in [4.69, 9.17) is 23.2 Å². The first-order valence-electron chi connectivity index (χ1n) is 11.0. The highest BCUT2D eigenvalue weighted by Crippen LogP contribution is 2.46. The van der Waals surface area contributed by atoms with Crippen molar-refractivity contribution in [2.75, 3.05) is 29.6 Å². The molecule has 33 heavy (non-hydrogen) atoms. The van der Waals surface area contributed by atoms with E-state index in [1.807, 2.05) is 50.5 Å². The number of para-hydroxylation sites is 2. The quantitative estimate of drug-likeness (QED) is 0.424. The van der Waals surface area contributed by atoms with Crippen LogP contribution in [0.5, 0.6) is 0 Å². The van der Waals surface area contributed by atoms with E-state index in [0.717, 1.165) is 40.3 Å². The number of halogens is 2. The summed E-state index contributed by atoms with van der Waals surface area (Å²) >= 11 is 13.0. The van der Waals surface area contributed by atoms with Gasteiger partial charge in [-0.1, -0.05) is 59.6 Å². The summed E-state index contributed by atoms with van der Waals surface area (Å²) in [5, 5.41) is 8.07. The predicted octanol–water partition coefficient (Wildman–Crippen LogP) is 7.04. The van der Waals surface area contributed by atoms with Crippen LogP contribution in [-0.4, -0.2) is 19.9 Å². The Morgan fingerprint density at radius 2 is 1.61 bits per heavy atom. The molecule has 1 heterocycles. The SMILES string of the molecule is CN(C)c1ccc(C2CC(=O)C3=C(C2)Nc2ccccc2NC3c2cccc(Cl)c2Cl)cc1. The predicted molar refractivity (Wildman–Crippen MR) is 138 cm³/mol. The molecule has 4 nitrogen and oxygen atoms in total. The number of benzene rings is 3. The lowest BCUT2D eigenvalue weighted by Crippen LogP contribution is -2.27. The number of carbonyl (C=O) groups is 1. The van der Waals surface area contributed by atoms with Crippen LogP contribution < -0.4 is 15.5 Å². The molecule has 3 aromatic rings. The van der Waals surface area contributed by atoms with Crippen LogP contribution in [0.1, 0.15) is 35.9 Å². The fourth-order valence-corrected chi connectivity index (χ4v) is 5.17. The second-order valence-corrected chi connectivity index (χ2v) is 9.58. The molecule has 0 spiro atoms. The molecule has 0 radical (unpaired) electrons. The average molecular weight is 478 g/mol. The van der Waals surface area contributed by atoms with Gasteiger partial charge in [-0.25, -0.2) is 0 Å². The molecule has 6 heteroatoms. The number of hydrogen-bond acceptors (Lipinski definition) is 4. The van der Waals surface area contributed by atoms with E-state index in [9.17, 15) is 4.79 Å². The van der Waals surface area contributed by atoms with E-state index >= 15 is 0 Å². The van der Waals surface area contributed by atoms with Gasteiger partial charge in [-0.3, -0.25) is 4.79 Å². The Morgan fingerprint density at radius 1 is 0.879 bits per heavy atom. The maximum absolute atomic E-state index is 13.6. The second-order valence-electron chi connectivity index (χ2n) is 8.80. The number of fused-ring (bicyclic) bond motifs is 1. The number of hydrogen-bond donors (Lipinski definition) is 2. The number of carbonyl (C=O) groups excluding carboxylic acids is 1. The van der Waals surface area contributed by atoms with Crippen molar-refractivity contribution in [2.24, 2.45) is 0 Å². The average Bonchev–Trinajstić information content (AvgIpc) is 2.97. The zero-order valence-corrected chi connectivity index (χ0v) is 20.0. The standard InChI is InChI=1S/C27H25Cl2N3O/c1-32(2)18-12-10-16(11-13-18)17-14-23-25(24(33)15-17)27(19-6-5-7-20(28)26(19)29)31-22-9-4-3-8-21(22)30-23/h3-13,17,27,30-31H,14-15H2,1-2H3. The van der Waals surface area contributed by atoms with Crippen molar-refractivity contribution in [3.63, 3.8) is 0 Å². The number of Topliss-reactive ketones (excluding diaryl/α,β-unsaturated/α-hetero) is 1. The van der Waals surface area contributed by atoms with Crippen LogP contribution in [0.2, 0.25) is 10.0 Å². The topological polar surface area (TPSA) is 44.4 Å². The van der Waals surface area contributed by atoms with E-state index in [-0.39, 0.29) is 17.7 Å². The van der Waals surface area contributed by atoms with Gasteiger partial charge < -0.3 is 15.5 Å². The van der Waals surface area contributed by atoms with Gasteiger partial charge in [-0.15, -0.1) is 0 Å². The van der Waals surface area contributed by atoms with Crippen molar-refractivity contribution >= 4 is 46.0 Å². The van der Waals surface area contributed by atoms with Crippen LogP contribution in [0.25, 0.3) is 0 Å². The van der Waals surface area contributed by atoms with Crippen LogP contribution in [0.4, 0.5) is 17.1 Å². The van der Waals surface area contributed by atoms with Crippen LogP contribution in [0.3, 0.4) is 0 Å². The van der Waals surface area contributed by atoms with E-state index in [2.05, 4.69) is 39.8 Å². The molecule has 2 N–H and O–H groups in total. The Balaban J connectivity index is 1.59. The van der Waals surface area contributed by atoms with Crippen molar-refractivity contribution in [3.05, 3.63) is 99.2 Å². The Labute approximate surface area is 204 Å². The number of ketones is 1. The van der Waals surface area contributed by atoms with E-state index in [1.165, 1.54) is 5.56 Å². The highest BCUT2D eigenvalue weighted by Gasteiger charge is 2.36. The lowest BCUT2D eigenvalue weighted by atomic mass is 9.78.